The summed E-state index contributed by atoms with van der Waals surface area (Å²) in [6.07, 6.45) is 0.203. The van der Waals surface area contributed by atoms with Gasteiger partial charge < -0.3 is 10.5 Å². The van der Waals surface area contributed by atoms with Gasteiger partial charge in [0.05, 0.1) is 28.6 Å². The molecule has 0 spiro atoms. The number of hydrogen-bond acceptors (Lipinski definition) is 8. The molecule has 2 N–H and O–H groups in total. The van der Waals surface area contributed by atoms with Crippen LogP contribution in [-0.4, -0.2) is 31.7 Å². The molecule has 0 radical (unpaired) electrons. The van der Waals surface area contributed by atoms with Crippen LogP contribution in [0.3, 0.4) is 0 Å². The molecule has 48 heavy (non-hydrogen) atoms. The number of thiophene rings is 2. The molecule has 240 valence electrons. The predicted molar refractivity (Wildman–Crippen MR) is 198 cm³/mol. The molecule has 0 aliphatic rings. The van der Waals surface area contributed by atoms with Crippen molar-refractivity contribution < 1.29 is 17.9 Å². The molecule has 1 aromatic carbocycles. The monoisotopic (exact) mass is 688 g/mol. The van der Waals surface area contributed by atoms with E-state index in [0.717, 1.165) is 33.0 Å². The normalized spacial score (nSPS) is 8.69. The van der Waals surface area contributed by atoms with Crippen molar-refractivity contribution in [3.63, 3.8) is 0 Å². The highest BCUT2D eigenvalue weighted by atomic mass is 32.2. The van der Waals surface area contributed by atoms with Crippen molar-refractivity contribution in [2.24, 2.45) is 0 Å². The summed E-state index contributed by atoms with van der Waals surface area (Å²) in [6, 6.07) is 15.6. The standard InChI is InChI=1S/C22H20N2O4S3.C7H4.C6H4.C4H4/c1-14(25)28-10-6-12-31(26,27)22-20(23)19-16(15-7-3-2-4-8-15)13-17(24-21(19)30-22)18-9-5-11-29-18;1-3-5-7-6-4-2;1-3-5-6-4-2;1-3-4-2/h2-5,7-9,11,13H,6,10,12,23H2,1H3;1-2H2;1-2H2;1-2H2. The van der Waals surface area contributed by atoms with Crippen LogP contribution in [0.5, 0.6) is 0 Å². The number of sulfone groups is 1. The Morgan fingerprint density at radius 3 is 1.94 bits per heavy atom. The van der Waals surface area contributed by atoms with Crippen LogP contribution in [0, 0.1) is 0 Å². The number of anilines is 1. The number of ether oxygens (including phenoxy) is 1. The fourth-order valence-electron chi connectivity index (χ4n) is 3.49. The van der Waals surface area contributed by atoms with Gasteiger partial charge in [-0.3, -0.25) is 4.79 Å². The van der Waals surface area contributed by atoms with Crippen LogP contribution in [0.15, 0.2) is 161 Å². The number of nitrogens with two attached hydrogens (primary N) is 1. The SMILES string of the molecule is C=C=C=C.C=C=C=C=C=C.C=C=C=C=C=C=C.CC(=O)OCCCS(=O)(=O)c1sc2nc(-c3cccs3)cc(-c3ccccc3)c2c1N. The zero-order valence-electron chi connectivity index (χ0n) is 26.4. The summed E-state index contributed by atoms with van der Waals surface area (Å²) in [5.41, 5.74) is 35.4. The first-order valence-electron chi connectivity index (χ1n) is 13.7. The Morgan fingerprint density at radius 1 is 0.854 bits per heavy atom. The van der Waals surface area contributed by atoms with Crippen LogP contribution in [0.25, 0.3) is 31.9 Å². The van der Waals surface area contributed by atoms with Gasteiger partial charge in [-0.1, -0.05) is 70.8 Å². The van der Waals surface area contributed by atoms with Crippen molar-refractivity contribution in [3.05, 3.63) is 156 Å². The highest BCUT2D eigenvalue weighted by molar-refractivity contribution is 7.93. The number of rotatable bonds is 7. The van der Waals surface area contributed by atoms with Crippen LogP contribution < -0.4 is 5.73 Å². The van der Waals surface area contributed by atoms with E-state index in [-0.39, 0.29) is 28.7 Å². The molecule has 4 aromatic rings. The number of aromatic nitrogens is 1. The van der Waals surface area contributed by atoms with Gasteiger partial charge in [0.15, 0.2) is 9.84 Å². The molecule has 0 fully saturated rings. The number of nitrogen functional groups attached to an aromatic ring is 1. The number of nitrogens with zero attached hydrogens (tertiary/aromatic N) is 1. The van der Waals surface area contributed by atoms with E-state index in [1.54, 1.807) is 11.3 Å². The fourth-order valence-corrected chi connectivity index (χ4v) is 7.15. The van der Waals surface area contributed by atoms with Gasteiger partial charge in [0, 0.05) is 12.3 Å². The lowest BCUT2D eigenvalue weighted by molar-refractivity contribution is -0.140. The van der Waals surface area contributed by atoms with Crippen molar-refractivity contribution in [1.82, 2.24) is 4.98 Å². The minimum atomic E-state index is -3.65. The molecule has 0 unspecified atom stereocenters. The molecule has 0 bridgehead atoms. The Balaban J connectivity index is 0.000000560. The van der Waals surface area contributed by atoms with Crippen LogP contribution in [0.2, 0.25) is 0 Å². The number of carbonyl (C=O) groups is 1. The first-order valence-corrected chi connectivity index (χ1v) is 17.0. The number of hydrogen-bond donors (Lipinski definition) is 1. The van der Waals surface area contributed by atoms with Gasteiger partial charge in [0.25, 0.3) is 0 Å². The molecule has 0 saturated carbocycles. The van der Waals surface area contributed by atoms with Gasteiger partial charge in [0.1, 0.15) is 9.04 Å². The third-order valence-electron chi connectivity index (χ3n) is 5.33. The predicted octanol–water partition coefficient (Wildman–Crippen LogP) is 9.11. The van der Waals surface area contributed by atoms with Gasteiger partial charge >= 0.3 is 5.97 Å². The lowest BCUT2D eigenvalue weighted by atomic mass is 10.0. The Labute approximate surface area is 289 Å². The lowest BCUT2D eigenvalue weighted by Crippen LogP contribution is -2.11. The molecule has 0 saturated heterocycles. The molecule has 9 heteroatoms. The van der Waals surface area contributed by atoms with Crippen molar-refractivity contribution in [2.75, 3.05) is 18.1 Å². The van der Waals surface area contributed by atoms with E-state index in [2.05, 4.69) is 103 Å². The molecule has 0 aliphatic heterocycles. The number of benzene rings is 1. The highest BCUT2D eigenvalue weighted by Crippen LogP contribution is 2.43. The minimum absolute atomic E-state index is 0.0510. The number of esters is 1. The average molecular weight is 689 g/mol. The van der Waals surface area contributed by atoms with Crippen LogP contribution in [0.1, 0.15) is 13.3 Å². The largest absolute Gasteiger partial charge is 0.466 e. The molecule has 0 atom stereocenters. The molecule has 3 aromatic heterocycles. The number of pyridine rings is 1. The molecule has 6 nitrogen and oxygen atoms in total. The van der Waals surface area contributed by atoms with Gasteiger partial charge in [-0.05, 0) is 103 Å². The Bertz CT molecular complexity index is 2180. The summed E-state index contributed by atoms with van der Waals surface area (Å²) in [5, 5.41) is 2.63. The molecular formula is C39H32N2O4S3. The zero-order valence-corrected chi connectivity index (χ0v) is 28.9. The third-order valence-corrected chi connectivity index (χ3v) is 9.74. The van der Waals surface area contributed by atoms with Crippen LogP contribution >= 0.6 is 22.7 Å². The van der Waals surface area contributed by atoms with Crippen molar-refractivity contribution in [2.45, 2.75) is 17.6 Å². The smallest absolute Gasteiger partial charge is 0.302 e. The first-order chi connectivity index (χ1) is 23.1. The Kier molecular flexibility index (Phi) is 18.8. The molecule has 3 heterocycles. The van der Waals surface area contributed by atoms with Gasteiger partial charge in [0.2, 0.25) is 0 Å². The fraction of sp³-hybridized carbons (Fsp3) is 0.103. The van der Waals surface area contributed by atoms with Crippen LogP contribution in [-0.2, 0) is 19.4 Å². The van der Waals surface area contributed by atoms with Crippen molar-refractivity contribution in [1.29, 1.82) is 0 Å². The maximum absolute atomic E-state index is 13.0. The Morgan fingerprint density at radius 2 is 1.44 bits per heavy atom. The molecular weight excluding hydrogens is 657 g/mol. The van der Waals surface area contributed by atoms with Gasteiger partial charge in [-0.25, -0.2) is 13.4 Å². The van der Waals surface area contributed by atoms with E-state index < -0.39 is 15.8 Å². The van der Waals surface area contributed by atoms with E-state index in [0.29, 0.717) is 10.2 Å². The van der Waals surface area contributed by atoms with Gasteiger partial charge in [-0.15, -0.1) is 22.7 Å². The van der Waals surface area contributed by atoms with E-state index in [1.807, 2.05) is 53.9 Å². The lowest BCUT2D eigenvalue weighted by Gasteiger charge is -2.08. The third kappa shape index (κ3) is 13.6. The van der Waals surface area contributed by atoms with Crippen LogP contribution in [0.4, 0.5) is 5.69 Å². The number of fused-ring (bicyclic) bond motifs is 1. The summed E-state index contributed by atoms with van der Waals surface area (Å²) in [7, 11) is -3.65. The second-order valence-corrected chi connectivity index (χ2v) is 12.8. The molecule has 4 rings (SSSR count). The topological polar surface area (TPSA) is 99.4 Å². The second kappa shape index (κ2) is 22.5. The van der Waals surface area contributed by atoms with E-state index >= 15 is 0 Å². The molecule has 0 amide bonds. The maximum atomic E-state index is 13.0. The maximum Gasteiger partial charge on any atom is 0.302 e. The van der Waals surface area contributed by atoms with Crippen molar-refractivity contribution in [3.8, 4) is 21.7 Å². The number of carbonyl (C=O) groups excluding carboxylic acids is 1. The van der Waals surface area contributed by atoms with E-state index in [1.165, 1.54) is 6.92 Å². The minimum Gasteiger partial charge on any atom is -0.466 e. The Hall–Kier alpha value is -5.95. The summed E-state index contributed by atoms with van der Waals surface area (Å²) in [4.78, 5) is 17.2. The summed E-state index contributed by atoms with van der Waals surface area (Å²) in [5.74, 6) is -0.591. The van der Waals surface area contributed by atoms with Crippen molar-refractivity contribution >= 4 is 54.4 Å². The second-order valence-electron chi connectivity index (χ2n) is 8.58. The zero-order chi connectivity index (χ0) is 35.8. The van der Waals surface area contributed by atoms with E-state index in [9.17, 15) is 13.2 Å². The first kappa shape index (κ1) is 40.1. The average Bonchev–Trinajstić information content (AvgIpc) is 3.76. The van der Waals surface area contributed by atoms with Gasteiger partial charge in [-0.2, -0.15) is 0 Å². The quantitative estimate of drug-likeness (QED) is 0.118. The van der Waals surface area contributed by atoms with E-state index in [4.69, 9.17) is 15.5 Å². The highest BCUT2D eigenvalue weighted by Gasteiger charge is 2.26. The summed E-state index contributed by atoms with van der Waals surface area (Å²) < 4.78 is 30.9. The summed E-state index contributed by atoms with van der Waals surface area (Å²) >= 11 is 2.66. The summed E-state index contributed by atoms with van der Waals surface area (Å²) in [6.45, 7) is 20.7. The molecule has 0 aliphatic carbocycles.